The first kappa shape index (κ1) is 22.3. The minimum Gasteiger partial charge on any atom is -0.497 e. The zero-order chi connectivity index (χ0) is 23.5. The fourth-order valence-corrected chi connectivity index (χ4v) is 4.07. The lowest BCUT2D eigenvalue weighted by Gasteiger charge is -2.13. The molecule has 0 fully saturated rings. The van der Waals surface area contributed by atoms with Gasteiger partial charge in [0.05, 0.1) is 12.8 Å². The highest BCUT2D eigenvalue weighted by Crippen LogP contribution is 2.31. The van der Waals surface area contributed by atoms with E-state index >= 15 is 0 Å². The quantitative estimate of drug-likeness (QED) is 0.342. The van der Waals surface area contributed by atoms with Crippen LogP contribution < -0.4 is 14.9 Å². The van der Waals surface area contributed by atoms with Gasteiger partial charge < -0.3 is 13.9 Å². The summed E-state index contributed by atoms with van der Waals surface area (Å²) in [4.78, 5) is 25.4. The fourth-order valence-electron chi connectivity index (χ4n) is 4.07. The van der Waals surface area contributed by atoms with Gasteiger partial charge in [-0.05, 0) is 75.1 Å². The lowest BCUT2D eigenvalue weighted by Crippen LogP contribution is -2.22. The van der Waals surface area contributed by atoms with E-state index in [1.54, 1.807) is 31.4 Å². The third-order valence-electron chi connectivity index (χ3n) is 5.54. The molecule has 1 N–H and O–H groups in total. The zero-order valence-electron chi connectivity index (χ0n) is 19.2. The molecule has 1 aliphatic rings. The highest BCUT2D eigenvalue weighted by Gasteiger charge is 2.29. The van der Waals surface area contributed by atoms with Crippen LogP contribution in [0.3, 0.4) is 0 Å². The molecule has 0 bridgehead atoms. The van der Waals surface area contributed by atoms with E-state index in [9.17, 15) is 9.59 Å². The van der Waals surface area contributed by atoms with Crippen LogP contribution in [0.5, 0.6) is 11.5 Å². The normalized spacial score (nSPS) is 14.0. The lowest BCUT2D eigenvalue weighted by molar-refractivity contribution is 0.0698. The second kappa shape index (κ2) is 9.32. The van der Waals surface area contributed by atoms with E-state index in [2.05, 4.69) is 10.5 Å². The van der Waals surface area contributed by atoms with Crippen molar-refractivity contribution < 1.29 is 23.5 Å². The summed E-state index contributed by atoms with van der Waals surface area (Å²) in [5.74, 6) is 1.02. The zero-order valence-corrected chi connectivity index (χ0v) is 19.2. The van der Waals surface area contributed by atoms with Crippen LogP contribution in [-0.2, 0) is 6.42 Å². The Morgan fingerprint density at radius 1 is 1.00 bits per heavy atom. The van der Waals surface area contributed by atoms with Crippen LogP contribution in [0.25, 0.3) is 0 Å². The number of benzene rings is 2. The maximum atomic E-state index is 12.9. The maximum Gasteiger partial charge on any atom is 0.379 e. The second-order valence-electron chi connectivity index (χ2n) is 8.15. The Bertz CT molecular complexity index is 1240. The van der Waals surface area contributed by atoms with Gasteiger partial charge in [-0.15, -0.1) is 0 Å². The number of hydrazone groups is 1. The molecule has 1 heterocycles. The van der Waals surface area contributed by atoms with Crippen LogP contribution in [0.4, 0.5) is 0 Å². The molecule has 33 heavy (non-hydrogen) atoms. The average Bonchev–Trinajstić information content (AvgIpc) is 3.14. The van der Waals surface area contributed by atoms with Gasteiger partial charge >= 0.3 is 5.97 Å². The maximum absolute atomic E-state index is 12.9. The van der Waals surface area contributed by atoms with Crippen molar-refractivity contribution in [2.75, 3.05) is 7.11 Å². The number of amides is 1. The van der Waals surface area contributed by atoms with Crippen LogP contribution in [-0.4, -0.2) is 24.7 Å². The third kappa shape index (κ3) is 4.82. The van der Waals surface area contributed by atoms with Gasteiger partial charge in [-0.2, -0.15) is 5.10 Å². The number of hydrogen-bond acceptors (Lipinski definition) is 6. The minimum absolute atomic E-state index is 0.160. The lowest BCUT2D eigenvalue weighted by atomic mass is 9.93. The molecule has 7 nitrogen and oxygen atoms in total. The van der Waals surface area contributed by atoms with E-state index in [1.807, 2.05) is 39.0 Å². The van der Waals surface area contributed by atoms with E-state index < -0.39 is 5.97 Å². The van der Waals surface area contributed by atoms with Gasteiger partial charge in [-0.25, -0.2) is 10.2 Å². The number of esters is 1. The number of furan rings is 1. The molecule has 1 aromatic heterocycles. The molecule has 0 saturated carbocycles. The summed E-state index contributed by atoms with van der Waals surface area (Å²) in [6.45, 7) is 5.71. The van der Waals surface area contributed by atoms with Crippen molar-refractivity contribution in [2.45, 2.75) is 40.0 Å². The minimum atomic E-state index is -0.549. The molecule has 3 aromatic rings. The Hall–Kier alpha value is -3.87. The van der Waals surface area contributed by atoms with Crippen molar-refractivity contribution in [1.29, 1.82) is 0 Å². The van der Waals surface area contributed by atoms with Crippen molar-refractivity contribution in [2.24, 2.45) is 5.10 Å². The number of fused-ring (bicyclic) bond motifs is 1. The number of nitrogens with one attached hydrogen (secondary N) is 1. The van der Waals surface area contributed by atoms with Gasteiger partial charge in [0.15, 0.2) is 0 Å². The summed E-state index contributed by atoms with van der Waals surface area (Å²) in [6.07, 6.45) is 2.16. The molecular weight excluding hydrogens is 420 g/mol. The molecule has 0 aliphatic heterocycles. The first-order chi connectivity index (χ1) is 15.9. The number of rotatable bonds is 5. The number of hydrogen-bond donors (Lipinski definition) is 1. The number of methoxy groups -OCH3 is 1. The van der Waals surface area contributed by atoms with Gasteiger partial charge in [-0.3, -0.25) is 4.79 Å². The molecule has 1 amide bonds. The summed E-state index contributed by atoms with van der Waals surface area (Å²) < 4.78 is 16.6. The smallest absolute Gasteiger partial charge is 0.379 e. The molecule has 0 unspecified atom stereocenters. The van der Waals surface area contributed by atoms with Crippen molar-refractivity contribution in [3.63, 3.8) is 0 Å². The van der Waals surface area contributed by atoms with E-state index in [-0.39, 0.29) is 11.7 Å². The van der Waals surface area contributed by atoms with Crippen molar-refractivity contribution >= 4 is 17.6 Å². The summed E-state index contributed by atoms with van der Waals surface area (Å²) in [5, 5.41) is 4.36. The summed E-state index contributed by atoms with van der Waals surface area (Å²) in [7, 11) is 1.55. The van der Waals surface area contributed by atoms with Crippen LogP contribution in [0.15, 0.2) is 52.0 Å². The summed E-state index contributed by atoms with van der Waals surface area (Å²) in [6, 6.07) is 12.5. The molecule has 0 radical (unpaired) electrons. The van der Waals surface area contributed by atoms with Crippen molar-refractivity contribution in [3.8, 4) is 11.5 Å². The van der Waals surface area contributed by atoms with Crippen LogP contribution in [0.1, 0.15) is 61.8 Å². The largest absolute Gasteiger partial charge is 0.497 e. The fraction of sp³-hybridized carbons (Fsp3) is 0.269. The SMILES string of the molecule is COc1cccc(C(=O)N/N=C2\CCCc3oc(C(=O)Oc4cc(C)cc(C)c4)c(C)c32)c1. The van der Waals surface area contributed by atoms with Crippen LogP contribution in [0.2, 0.25) is 0 Å². The molecule has 2 aromatic carbocycles. The molecular formula is C26H26N2O5. The number of ether oxygens (including phenoxy) is 2. The predicted molar refractivity (Wildman–Crippen MR) is 124 cm³/mol. The second-order valence-corrected chi connectivity index (χ2v) is 8.15. The third-order valence-corrected chi connectivity index (χ3v) is 5.54. The van der Waals surface area contributed by atoms with Crippen LogP contribution in [0, 0.1) is 20.8 Å². The Morgan fingerprint density at radius 3 is 2.48 bits per heavy atom. The standard InChI is InChI=1S/C26H26N2O5/c1-15-11-16(2)13-20(12-15)32-26(30)24-17(3)23-21(9-6-10-22(23)33-24)27-28-25(29)18-7-5-8-19(14-18)31-4/h5,7-8,11-14H,6,9-10H2,1-4H3,(H,28,29)/b27-21+. The number of nitrogens with zero attached hydrogens (tertiary/aromatic N) is 1. The Balaban J connectivity index is 1.56. The van der Waals surface area contributed by atoms with E-state index in [0.29, 0.717) is 46.9 Å². The Kier molecular flexibility index (Phi) is 6.31. The first-order valence-electron chi connectivity index (χ1n) is 10.8. The molecule has 0 spiro atoms. The van der Waals surface area contributed by atoms with E-state index in [1.165, 1.54) is 0 Å². The molecule has 1 aliphatic carbocycles. The van der Waals surface area contributed by atoms with Crippen LogP contribution >= 0.6 is 0 Å². The highest BCUT2D eigenvalue weighted by molar-refractivity contribution is 6.06. The molecule has 0 atom stereocenters. The molecule has 0 saturated heterocycles. The monoisotopic (exact) mass is 446 g/mol. The number of aryl methyl sites for hydroxylation is 3. The molecule has 7 heteroatoms. The van der Waals surface area contributed by atoms with Gasteiger partial charge in [0.1, 0.15) is 17.3 Å². The van der Waals surface area contributed by atoms with Gasteiger partial charge in [0.2, 0.25) is 5.76 Å². The van der Waals surface area contributed by atoms with E-state index in [0.717, 1.165) is 23.1 Å². The van der Waals surface area contributed by atoms with Gasteiger partial charge in [0.25, 0.3) is 5.91 Å². The highest BCUT2D eigenvalue weighted by atomic mass is 16.5. The van der Waals surface area contributed by atoms with Crippen molar-refractivity contribution in [1.82, 2.24) is 5.43 Å². The average molecular weight is 447 g/mol. The Labute approximate surface area is 192 Å². The first-order valence-corrected chi connectivity index (χ1v) is 10.8. The molecule has 170 valence electrons. The predicted octanol–water partition coefficient (Wildman–Crippen LogP) is 4.90. The van der Waals surface area contributed by atoms with Gasteiger partial charge in [0, 0.05) is 23.1 Å². The summed E-state index contributed by atoms with van der Waals surface area (Å²) >= 11 is 0. The number of carbonyl (C=O) groups excluding carboxylic acids is 2. The number of carbonyl (C=O) groups is 2. The topological polar surface area (TPSA) is 90.1 Å². The van der Waals surface area contributed by atoms with E-state index in [4.69, 9.17) is 13.9 Å². The van der Waals surface area contributed by atoms with Gasteiger partial charge in [-0.1, -0.05) is 12.1 Å². The summed E-state index contributed by atoms with van der Waals surface area (Å²) in [5.41, 5.74) is 7.18. The Morgan fingerprint density at radius 2 is 1.76 bits per heavy atom. The van der Waals surface area contributed by atoms with Crippen molar-refractivity contribution in [3.05, 3.63) is 81.8 Å². The molecule has 4 rings (SSSR count).